The van der Waals surface area contributed by atoms with Gasteiger partial charge >= 0.3 is 0 Å². The standard InChI is InChI=1S/C10H19N3O.ClH/c1-8(2)13-9(3)10(7-12-13)6-11-4-5-14;/h7-8,11,14H,4-6H2,1-3H3;1H. The van der Waals surface area contributed by atoms with Crippen molar-refractivity contribution in [2.75, 3.05) is 13.2 Å². The van der Waals surface area contributed by atoms with Crippen molar-refractivity contribution in [3.05, 3.63) is 17.5 Å². The Hall–Kier alpha value is -0.580. The van der Waals surface area contributed by atoms with Gasteiger partial charge in [-0.2, -0.15) is 5.10 Å². The molecule has 5 heteroatoms. The fourth-order valence-electron chi connectivity index (χ4n) is 1.46. The molecule has 0 saturated heterocycles. The Labute approximate surface area is 97.1 Å². The van der Waals surface area contributed by atoms with Gasteiger partial charge in [-0.3, -0.25) is 4.68 Å². The zero-order valence-corrected chi connectivity index (χ0v) is 10.3. The van der Waals surface area contributed by atoms with Crippen molar-refractivity contribution in [1.82, 2.24) is 15.1 Å². The molecule has 0 aliphatic rings. The average Bonchev–Trinajstić information content (AvgIpc) is 2.48. The van der Waals surface area contributed by atoms with E-state index in [1.807, 2.05) is 10.9 Å². The van der Waals surface area contributed by atoms with Crippen molar-refractivity contribution < 1.29 is 5.11 Å². The van der Waals surface area contributed by atoms with Crippen molar-refractivity contribution >= 4 is 12.4 Å². The minimum Gasteiger partial charge on any atom is -0.395 e. The number of rotatable bonds is 5. The molecule has 1 aromatic rings. The van der Waals surface area contributed by atoms with Gasteiger partial charge in [-0.15, -0.1) is 12.4 Å². The highest BCUT2D eigenvalue weighted by Gasteiger charge is 2.07. The quantitative estimate of drug-likeness (QED) is 0.754. The molecule has 0 fully saturated rings. The molecule has 0 radical (unpaired) electrons. The summed E-state index contributed by atoms with van der Waals surface area (Å²) >= 11 is 0. The first kappa shape index (κ1) is 14.4. The van der Waals surface area contributed by atoms with E-state index < -0.39 is 0 Å². The van der Waals surface area contributed by atoms with E-state index in [2.05, 4.69) is 31.2 Å². The number of halogens is 1. The maximum atomic E-state index is 8.62. The van der Waals surface area contributed by atoms with Crippen LogP contribution in [0.4, 0.5) is 0 Å². The Morgan fingerprint density at radius 3 is 2.67 bits per heavy atom. The number of nitrogens with one attached hydrogen (secondary N) is 1. The third-order valence-corrected chi connectivity index (χ3v) is 2.24. The first-order valence-corrected chi connectivity index (χ1v) is 5.01. The van der Waals surface area contributed by atoms with Gasteiger partial charge in [0, 0.05) is 30.4 Å². The van der Waals surface area contributed by atoms with Crippen LogP contribution < -0.4 is 5.32 Å². The summed E-state index contributed by atoms with van der Waals surface area (Å²) < 4.78 is 2.01. The number of aliphatic hydroxyl groups is 1. The summed E-state index contributed by atoms with van der Waals surface area (Å²) in [5.41, 5.74) is 2.40. The Bertz CT molecular complexity index is 286. The Morgan fingerprint density at radius 2 is 2.20 bits per heavy atom. The zero-order chi connectivity index (χ0) is 10.6. The SMILES string of the molecule is Cc1c(CNCCO)cnn1C(C)C.Cl. The van der Waals surface area contributed by atoms with Crippen LogP contribution in [0.2, 0.25) is 0 Å². The lowest BCUT2D eigenvalue weighted by Gasteiger charge is -2.08. The van der Waals surface area contributed by atoms with Crippen molar-refractivity contribution in [2.45, 2.75) is 33.4 Å². The molecular formula is C10H20ClN3O. The topological polar surface area (TPSA) is 50.1 Å². The Morgan fingerprint density at radius 1 is 1.53 bits per heavy atom. The van der Waals surface area contributed by atoms with Crippen LogP contribution in [0.1, 0.15) is 31.1 Å². The van der Waals surface area contributed by atoms with Gasteiger partial charge in [-0.1, -0.05) is 0 Å². The molecule has 0 atom stereocenters. The molecule has 0 aromatic carbocycles. The second-order valence-corrected chi connectivity index (χ2v) is 3.69. The molecule has 1 aromatic heterocycles. The number of aliphatic hydroxyl groups excluding tert-OH is 1. The lowest BCUT2D eigenvalue weighted by atomic mass is 10.2. The van der Waals surface area contributed by atoms with Crippen LogP contribution in [0, 0.1) is 6.92 Å². The summed E-state index contributed by atoms with van der Waals surface area (Å²) in [6, 6.07) is 0.404. The fraction of sp³-hybridized carbons (Fsp3) is 0.700. The third kappa shape index (κ3) is 3.81. The third-order valence-electron chi connectivity index (χ3n) is 2.24. The van der Waals surface area contributed by atoms with E-state index in [1.165, 1.54) is 11.3 Å². The largest absolute Gasteiger partial charge is 0.395 e. The Balaban J connectivity index is 0.00000196. The summed E-state index contributed by atoms with van der Waals surface area (Å²) in [7, 11) is 0. The molecule has 2 N–H and O–H groups in total. The molecule has 1 heterocycles. The maximum absolute atomic E-state index is 8.62. The van der Waals surface area contributed by atoms with Crippen molar-refractivity contribution in [3.8, 4) is 0 Å². The summed E-state index contributed by atoms with van der Waals surface area (Å²) in [5, 5.41) is 16.1. The summed E-state index contributed by atoms with van der Waals surface area (Å²) in [6.45, 7) is 7.89. The van der Waals surface area contributed by atoms with E-state index >= 15 is 0 Å². The van der Waals surface area contributed by atoms with E-state index in [9.17, 15) is 0 Å². The molecule has 0 aliphatic carbocycles. The molecular weight excluding hydrogens is 214 g/mol. The average molecular weight is 234 g/mol. The second-order valence-electron chi connectivity index (χ2n) is 3.69. The highest BCUT2D eigenvalue weighted by molar-refractivity contribution is 5.85. The van der Waals surface area contributed by atoms with Gasteiger partial charge in [0.2, 0.25) is 0 Å². The maximum Gasteiger partial charge on any atom is 0.0556 e. The van der Waals surface area contributed by atoms with Crippen LogP contribution in [-0.4, -0.2) is 28.0 Å². The van der Waals surface area contributed by atoms with Crippen LogP contribution in [0.3, 0.4) is 0 Å². The van der Waals surface area contributed by atoms with Crippen LogP contribution in [-0.2, 0) is 6.54 Å². The molecule has 0 bridgehead atoms. The molecule has 0 saturated carbocycles. The molecule has 88 valence electrons. The van der Waals surface area contributed by atoms with Gasteiger partial charge in [0.05, 0.1) is 12.8 Å². The van der Waals surface area contributed by atoms with Gasteiger partial charge in [0.15, 0.2) is 0 Å². The summed E-state index contributed by atoms with van der Waals surface area (Å²) in [6.07, 6.45) is 1.89. The van der Waals surface area contributed by atoms with Crippen LogP contribution in [0.5, 0.6) is 0 Å². The number of hydrogen-bond acceptors (Lipinski definition) is 3. The van der Waals surface area contributed by atoms with E-state index in [0.29, 0.717) is 12.6 Å². The highest BCUT2D eigenvalue weighted by atomic mass is 35.5. The highest BCUT2D eigenvalue weighted by Crippen LogP contribution is 2.12. The van der Waals surface area contributed by atoms with Gasteiger partial charge in [0.1, 0.15) is 0 Å². The molecule has 4 nitrogen and oxygen atoms in total. The minimum atomic E-state index is 0. The fourth-order valence-corrected chi connectivity index (χ4v) is 1.46. The second kappa shape index (κ2) is 6.82. The smallest absolute Gasteiger partial charge is 0.0556 e. The lowest BCUT2D eigenvalue weighted by molar-refractivity contribution is 0.292. The minimum absolute atomic E-state index is 0. The van der Waals surface area contributed by atoms with Gasteiger partial charge in [-0.05, 0) is 20.8 Å². The normalized spacial score (nSPS) is 10.5. The summed E-state index contributed by atoms with van der Waals surface area (Å²) in [5.74, 6) is 0. The van der Waals surface area contributed by atoms with Gasteiger partial charge in [0.25, 0.3) is 0 Å². The van der Waals surface area contributed by atoms with E-state index in [0.717, 1.165) is 6.54 Å². The molecule has 0 aliphatic heterocycles. The van der Waals surface area contributed by atoms with Crippen LogP contribution in [0.25, 0.3) is 0 Å². The number of nitrogens with zero attached hydrogens (tertiary/aromatic N) is 2. The molecule has 0 spiro atoms. The lowest BCUT2D eigenvalue weighted by Crippen LogP contribution is -2.18. The van der Waals surface area contributed by atoms with Crippen molar-refractivity contribution in [3.63, 3.8) is 0 Å². The summed E-state index contributed by atoms with van der Waals surface area (Å²) in [4.78, 5) is 0. The van der Waals surface area contributed by atoms with Crippen molar-refractivity contribution in [2.24, 2.45) is 0 Å². The first-order valence-electron chi connectivity index (χ1n) is 5.01. The zero-order valence-electron chi connectivity index (χ0n) is 9.53. The predicted octanol–water partition coefficient (Wildman–Crippen LogP) is 1.28. The molecule has 1 rings (SSSR count). The molecule has 15 heavy (non-hydrogen) atoms. The van der Waals surface area contributed by atoms with Crippen LogP contribution in [0.15, 0.2) is 6.20 Å². The monoisotopic (exact) mass is 233 g/mol. The van der Waals surface area contributed by atoms with Gasteiger partial charge < -0.3 is 10.4 Å². The Kier molecular flexibility index (Phi) is 6.56. The predicted molar refractivity (Wildman–Crippen MR) is 63.4 cm³/mol. The van der Waals surface area contributed by atoms with Crippen molar-refractivity contribution in [1.29, 1.82) is 0 Å². The molecule has 0 unspecified atom stereocenters. The van der Waals surface area contributed by atoms with E-state index in [4.69, 9.17) is 5.11 Å². The molecule has 0 amide bonds. The van der Waals surface area contributed by atoms with E-state index in [-0.39, 0.29) is 19.0 Å². The van der Waals surface area contributed by atoms with E-state index in [1.54, 1.807) is 0 Å². The van der Waals surface area contributed by atoms with Gasteiger partial charge in [-0.25, -0.2) is 0 Å². The number of aromatic nitrogens is 2. The van der Waals surface area contributed by atoms with Crippen LogP contribution >= 0.6 is 12.4 Å². The number of hydrogen-bond donors (Lipinski definition) is 2. The first-order chi connectivity index (χ1) is 6.66.